The number of fused-ring (bicyclic) bond motifs is 2. The summed E-state index contributed by atoms with van der Waals surface area (Å²) in [5.74, 6) is -0.0961. The Morgan fingerprint density at radius 1 is 1.23 bits per heavy atom. The quantitative estimate of drug-likeness (QED) is 0.762. The van der Waals surface area contributed by atoms with E-state index in [0.717, 1.165) is 38.5 Å². The smallest absolute Gasteiger partial charge is 0.310 e. The molecule has 1 aliphatic heterocycles. The fourth-order valence-electron chi connectivity index (χ4n) is 4.38. The van der Waals surface area contributed by atoms with Gasteiger partial charge >= 0.3 is 5.97 Å². The van der Waals surface area contributed by atoms with Crippen LogP contribution in [0.1, 0.15) is 38.5 Å². The van der Waals surface area contributed by atoms with Crippen LogP contribution in [0.3, 0.4) is 0 Å². The first-order chi connectivity index (χ1) is 10.5. The first-order valence-corrected chi connectivity index (χ1v) is 9.85. The molecule has 5 atom stereocenters. The molecule has 126 valence electrons. The van der Waals surface area contributed by atoms with Gasteiger partial charge in [0.1, 0.15) is 0 Å². The van der Waals surface area contributed by atoms with Gasteiger partial charge in [-0.3, -0.25) is 4.79 Å². The molecule has 7 heteroatoms. The number of rotatable bonds is 5. The number of ether oxygens (including phenoxy) is 2. The maximum atomic E-state index is 12.4. The highest BCUT2D eigenvalue weighted by Crippen LogP contribution is 2.49. The molecule has 22 heavy (non-hydrogen) atoms. The van der Waals surface area contributed by atoms with E-state index in [9.17, 15) is 13.2 Å². The molecule has 1 heterocycles. The zero-order valence-corrected chi connectivity index (χ0v) is 13.8. The van der Waals surface area contributed by atoms with E-state index < -0.39 is 10.0 Å². The maximum Gasteiger partial charge on any atom is 0.310 e. The summed E-state index contributed by atoms with van der Waals surface area (Å²) in [5.41, 5.74) is 0. The number of methoxy groups -OCH3 is 1. The van der Waals surface area contributed by atoms with E-state index in [2.05, 4.69) is 4.72 Å². The molecule has 3 fully saturated rings. The predicted molar refractivity (Wildman–Crippen MR) is 80.6 cm³/mol. The molecule has 1 saturated heterocycles. The molecule has 0 radical (unpaired) electrons. The summed E-state index contributed by atoms with van der Waals surface area (Å²) in [5, 5.41) is 0. The van der Waals surface area contributed by atoms with Crippen molar-refractivity contribution in [3.05, 3.63) is 0 Å². The lowest BCUT2D eigenvalue weighted by Crippen LogP contribution is -2.49. The predicted octanol–water partition coefficient (Wildman–Crippen LogP) is 1.06. The number of carbonyl (C=O) groups is 1. The highest BCUT2D eigenvalue weighted by atomic mass is 32.2. The second kappa shape index (κ2) is 6.45. The normalized spacial score (nSPS) is 38.1. The molecule has 3 aliphatic rings. The second-order valence-corrected chi connectivity index (χ2v) is 8.59. The average Bonchev–Trinajstić information content (AvgIpc) is 3.07. The Kier molecular flexibility index (Phi) is 4.75. The van der Waals surface area contributed by atoms with Crippen molar-refractivity contribution in [3.8, 4) is 0 Å². The summed E-state index contributed by atoms with van der Waals surface area (Å²) >= 11 is 0. The molecule has 0 spiro atoms. The molecular weight excluding hydrogens is 306 g/mol. The van der Waals surface area contributed by atoms with E-state index >= 15 is 0 Å². The Hall–Kier alpha value is -0.660. The van der Waals surface area contributed by atoms with Crippen LogP contribution < -0.4 is 4.72 Å². The van der Waals surface area contributed by atoms with Gasteiger partial charge in [0.25, 0.3) is 0 Å². The Labute approximate surface area is 132 Å². The van der Waals surface area contributed by atoms with Gasteiger partial charge in [0.05, 0.1) is 24.9 Å². The van der Waals surface area contributed by atoms with Crippen molar-refractivity contribution in [1.82, 2.24) is 4.72 Å². The largest absolute Gasteiger partial charge is 0.469 e. The summed E-state index contributed by atoms with van der Waals surface area (Å²) < 4.78 is 38.1. The monoisotopic (exact) mass is 331 g/mol. The van der Waals surface area contributed by atoms with Crippen LogP contribution >= 0.6 is 0 Å². The molecule has 2 aliphatic carbocycles. The minimum atomic E-state index is -3.44. The third-order valence-electron chi connectivity index (χ3n) is 5.38. The Morgan fingerprint density at radius 2 is 2.00 bits per heavy atom. The zero-order valence-electron chi connectivity index (χ0n) is 13.0. The number of carbonyl (C=O) groups excluding carboxylic acids is 1. The van der Waals surface area contributed by atoms with Crippen molar-refractivity contribution in [2.75, 3.05) is 19.5 Å². The van der Waals surface area contributed by atoms with Crippen molar-refractivity contribution < 1.29 is 22.7 Å². The number of esters is 1. The Bertz CT molecular complexity index is 514. The van der Waals surface area contributed by atoms with E-state index in [1.54, 1.807) is 0 Å². The lowest BCUT2D eigenvalue weighted by atomic mass is 9.85. The van der Waals surface area contributed by atoms with E-state index in [4.69, 9.17) is 9.47 Å². The molecule has 0 aromatic heterocycles. The molecule has 1 N–H and O–H groups in total. The van der Waals surface area contributed by atoms with Crippen molar-refractivity contribution in [1.29, 1.82) is 0 Å². The molecule has 0 aromatic rings. The van der Waals surface area contributed by atoms with Crippen LogP contribution in [-0.2, 0) is 24.3 Å². The molecule has 2 saturated carbocycles. The van der Waals surface area contributed by atoms with Crippen LogP contribution in [0.15, 0.2) is 0 Å². The van der Waals surface area contributed by atoms with E-state index in [-0.39, 0.29) is 41.6 Å². The molecular formula is C15H25NO5S. The van der Waals surface area contributed by atoms with Gasteiger partial charge in [-0.05, 0) is 50.4 Å². The van der Waals surface area contributed by atoms with Crippen LogP contribution in [0.4, 0.5) is 0 Å². The SMILES string of the molecule is COC(=O)[C@@H]1[C@H]2CC[C@@H](C2)[C@H]1NS(=O)(=O)C[C@H]1CCCCO1. The van der Waals surface area contributed by atoms with E-state index in [1.165, 1.54) is 7.11 Å². The van der Waals surface area contributed by atoms with Crippen LogP contribution in [0.2, 0.25) is 0 Å². The fourth-order valence-corrected chi connectivity index (χ4v) is 5.98. The van der Waals surface area contributed by atoms with Crippen LogP contribution in [-0.4, -0.2) is 46.0 Å². The summed E-state index contributed by atoms with van der Waals surface area (Å²) in [6.45, 7) is 0.638. The van der Waals surface area contributed by atoms with Crippen LogP contribution in [0, 0.1) is 17.8 Å². The third-order valence-corrected chi connectivity index (χ3v) is 6.83. The minimum absolute atomic E-state index is 0.00518. The van der Waals surface area contributed by atoms with Crippen LogP contribution in [0.5, 0.6) is 0 Å². The first-order valence-electron chi connectivity index (χ1n) is 8.19. The van der Waals surface area contributed by atoms with Gasteiger partial charge in [0, 0.05) is 12.6 Å². The second-order valence-electron chi connectivity index (χ2n) is 6.80. The van der Waals surface area contributed by atoms with Crippen molar-refractivity contribution >= 4 is 16.0 Å². The molecule has 0 amide bonds. The topological polar surface area (TPSA) is 81.7 Å². The minimum Gasteiger partial charge on any atom is -0.469 e. The number of hydrogen-bond donors (Lipinski definition) is 1. The highest BCUT2D eigenvalue weighted by Gasteiger charge is 2.52. The van der Waals surface area contributed by atoms with Gasteiger partial charge in [0.2, 0.25) is 10.0 Å². The van der Waals surface area contributed by atoms with Crippen molar-refractivity contribution in [2.45, 2.75) is 50.7 Å². The van der Waals surface area contributed by atoms with Gasteiger partial charge < -0.3 is 9.47 Å². The lowest BCUT2D eigenvalue weighted by Gasteiger charge is -2.30. The maximum absolute atomic E-state index is 12.4. The number of sulfonamides is 1. The Morgan fingerprint density at radius 3 is 2.68 bits per heavy atom. The fraction of sp³-hybridized carbons (Fsp3) is 0.933. The molecule has 0 unspecified atom stereocenters. The molecule has 2 bridgehead atoms. The van der Waals surface area contributed by atoms with Gasteiger partial charge in [-0.2, -0.15) is 0 Å². The summed E-state index contributed by atoms with van der Waals surface area (Å²) in [6.07, 6.45) is 5.49. The van der Waals surface area contributed by atoms with Gasteiger partial charge in [-0.25, -0.2) is 13.1 Å². The first kappa shape index (κ1) is 16.2. The molecule has 0 aromatic carbocycles. The standard InChI is InChI=1S/C15H25NO5S/c1-20-15(17)13-10-5-6-11(8-10)14(13)16-22(18,19)9-12-4-2-3-7-21-12/h10-14,16H,2-9H2,1H3/t10-,11-,12+,13+,14+/m0/s1. The number of hydrogen-bond acceptors (Lipinski definition) is 5. The Balaban J connectivity index is 1.66. The molecule has 3 rings (SSSR count). The van der Waals surface area contributed by atoms with Gasteiger partial charge in [0.15, 0.2) is 0 Å². The lowest BCUT2D eigenvalue weighted by molar-refractivity contribution is -0.148. The van der Waals surface area contributed by atoms with Gasteiger partial charge in [-0.1, -0.05) is 0 Å². The van der Waals surface area contributed by atoms with Crippen LogP contribution in [0.25, 0.3) is 0 Å². The summed E-state index contributed by atoms with van der Waals surface area (Å²) in [7, 11) is -2.07. The van der Waals surface area contributed by atoms with E-state index in [0.29, 0.717) is 6.61 Å². The summed E-state index contributed by atoms with van der Waals surface area (Å²) in [4.78, 5) is 12.0. The highest BCUT2D eigenvalue weighted by molar-refractivity contribution is 7.89. The number of nitrogens with one attached hydrogen (secondary N) is 1. The van der Waals surface area contributed by atoms with Gasteiger partial charge in [-0.15, -0.1) is 0 Å². The third kappa shape index (κ3) is 3.31. The zero-order chi connectivity index (χ0) is 15.7. The van der Waals surface area contributed by atoms with Crippen molar-refractivity contribution in [3.63, 3.8) is 0 Å². The summed E-state index contributed by atoms with van der Waals surface area (Å²) in [6, 6.07) is -0.306. The van der Waals surface area contributed by atoms with Crippen molar-refractivity contribution in [2.24, 2.45) is 17.8 Å². The average molecular weight is 331 g/mol. The molecule has 6 nitrogen and oxygen atoms in total. The van der Waals surface area contributed by atoms with E-state index in [1.807, 2.05) is 0 Å².